The van der Waals surface area contributed by atoms with E-state index in [4.69, 9.17) is 9.68 Å². The van der Waals surface area contributed by atoms with Gasteiger partial charge in [-0.3, -0.25) is 9.36 Å². The molecule has 0 unspecified atom stereocenters. The van der Waals surface area contributed by atoms with Crippen molar-refractivity contribution in [1.82, 2.24) is 13.8 Å². The first kappa shape index (κ1) is 20.8. The van der Waals surface area contributed by atoms with Crippen molar-refractivity contribution in [3.05, 3.63) is 63.9 Å². The van der Waals surface area contributed by atoms with E-state index in [-0.39, 0.29) is 47.8 Å². The van der Waals surface area contributed by atoms with E-state index in [9.17, 15) is 22.4 Å². The lowest BCUT2D eigenvalue weighted by atomic mass is 10.1. The third-order valence-corrected chi connectivity index (χ3v) is 7.15. The van der Waals surface area contributed by atoms with Gasteiger partial charge in [0.05, 0.1) is 27.6 Å². The lowest BCUT2D eigenvalue weighted by molar-refractivity contribution is 0.0693. The number of rotatable bonds is 3. The fraction of sp³-hybridized carbons (Fsp3) is 0.250. The van der Waals surface area contributed by atoms with Crippen LogP contribution in [0.1, 0.15) is 15.9 Å². The van der Waals surface area contributed by atoms with Crippen molar-refractivity contribution in [2.24, 2.45) is 7.05 Å². The van der Waals surface area contributed by atoms with Gasteiger partial charge in [0.25, 0.3) is 5.91 Å². The maximum absolute atomic E-state index is 14.1. The molecule has 2 aromatic carbocycles. The molecule has 1 aliphatic heterocycles. The number of hydrogen-bond donors (Lipinski definition) is 0. The summed E-state index contributed by atoms with van der Waals surface area (Å²) in [5.74, 6) is -1.95. The molecule has 31 heavy (non-hydrogen) atoms. The van der Waals surface area contributed by atoms with Crippen molar-refractivity contribution in [2.45, 2.75) is 4.90 Å². The zero-order valence-corrected chi connectivity index (χ0v) is 17.2. The monoisotopic (exact) mass is 444 g/mol. The SMILES string of the molecule is Cn1c(=O)oc2cc(S(=O)(=O)N3CCN(C(=O)c4ccc(C#N)cc4F)CC3)ccc21. The van der Waals surface area contributed by atoms with Gasteiger partial charge in [0.2, 0.25) is 10.0 Å². The highest BCUT2D eigenvalue weighted by Crippen LogP contribution is 2.23. The Morgan fingerprint density at radius 1 is 1.13 bits per heavy atom. The molecule has 1 amide bonds. The van der Waals surface area contributed by atoms with E-state index < -0.39 is 27.5 Å². The van der Waals surface area contributed by atoms with Crippen LogP contribution in [0.5, 0.6) is 0 Å². The Balaban J connectivity index is 1.51. The number of sulfonamides is 1. The largest absolute Gasteiger partial charge is 0.419 e. The van der Waals surface area contributed by atoms with Crippen LogP contribution >= 0.6 is 0 Å². The number of nitrogens with zero attached hydrogens (tertiary/aromatic N) is 4. The third kappa shape index (κ3) is 3.60. The molecule has 0 aliphatic carbocycles. The molecule has 0 N–H and O–H groups in total. The molecular weight excluding hydrogens is 427 g/mol. The van der Waals surface area contributed by atoms with E-state index in [0.29, 0.717) is 5.52 Å². The predicted octanol–water partition coefficient (Wildman–Crippen LogP) is 1.29. The normalized spacial score (nSPS) is 15.2. The van der Waals surface area contributed by atoms with Crippen LogP contribution in [0.2, 0.25) is 0 Å². The number of nitriles is 1. The Morgan fingerprint density at radius 2 is 1.84 bits per heavy atom. The molecule has 1 aromatic heterocycles. The molecule has 1 fully saturated rings. The van der Waals surface area contributed by atoms with Crippen LogP contribution in [0, 0.1) is 17.1 Å². The van der Waals surface area contributed by atoms with Crippen LogP contribution < -0.4 is 5.76 Å². The standard InChI is InChI=1S/C20H17FN4O5S/c1-23-17-5-3-14(11-18(17)30-20(23)27)31(28,29)25-8-6-24(7-9-25)19(26)15-4-2-13(12-22)10-16(15)21/h2-5,10-11H,6-9H2,1H3. The van der Waals surface area contributed by atoms with Gasteiger partial charge in [0.1, 0.15) is 5.82 Å². The van der Waals surface area contributed by atoms with Crippen molar-refractivity contribution in [3.63, 3.8) is 0 Å². The summed E-state index contributed by atoms with van der Waals surface area (Å²) in [6.45, 7) is 0.228. The zero-order valence-electron chi connectivity index (χ0n) is 16.4. The van der Waals surface area contributed by atoms with E-state index in [1.54, 1.807) is 6.07 Å². The quantitative estimate of drug-likeness (QED) is 0.601. The van der Waals surface area contributed by atoms with Crippen molar-refractivity contribution < 1.29 is 22.0 Å². The van der Waals surface area contributed by atoms with Gasteiger partial charge in [-0.2, -0.15) is 9.57 Å². The number of amides is 1. The molecule has 9 nitrogen and oxygen atoms in total. The van der Waals surface area contributed by atoms with E-state index in [0.717, 1.165) is 6.07 Å². The summed E-state index contributed by atoms with van der Waals surface area (Å²) < 4.78 is 47.7. The molecular formula is C20H17FN4O5S. The summed E-state index contributed by atoms with van der Waals surface area (Å²) in [6, 6.07) is 9.60. The van der Waals surface area contributed by atoms with Gasteiger partial charge < -0.3 is 9.32 Å². The number of carbonyl (C=O) groups excluding carboxylic acids is 1. The highest BCUT2D eigenvalue weighted by molar-refractivity contribution is 7.89. The van der Waals surface area contributed by atoms with Gasteiger partial charge in [-0.15, -0.1) is 0 Å². The number of aromatic nitrogens is 1. The van der Waals surface area contributed by atoms with Crippen molar-refractivity contribution in [2.75, 3.05) is 26.2 Å². The van der Waals surface area contributed by atoms with Crippen LogP contribution in [0.15, 0.2) is 50.5 Å². The Kier molecular flexibility index (Phi) is 5.12. The molecule has 3 aromatic rings. The van der Waals surface area contributed by atoms with Crippen LogP contribution in [-0.2, 0) is 17.1 Å². The van der Waals surface area contributed by atoms with Gasteiger partial charge in [0.15, 0.2) is 5.58 Å². The topological polar surface area (TPSA) is 117 Å². The van der Waals surface area contributed by atoms with E-state index in [1.807, 2.05) is 0 Å². The Hall–Kier alpha value is -3.49. The number of carbonyl (C=O) groups is 1. The highest BCUT2D eigenvalue weighted by atomic mass is 32.2. The average molecular weight is 444 g/mol. The molecule has 4 rings (SSSR count). The third-order valence-electron chi connectivity index (χ3n) is 5.26. The van der Waals surface area contributed by atoms with Crippen molar-refractivity contribution >= 4 is 27.0 Å². The molecule has 0 radical (unpaired) electrons. The summed E-state index contributed by atoms with van der Waals surface area (Å²) in [5.41, 5.74) is 0.582. The minimum Gasteiger partial charge on any atom is -0.408 e. The van der Waals surface area contributed by atoms with Gasteiger partial charge in [-0.25, -0.2) is 17.6 Å². The fourth-order valence-electron chi connectivity index (χ4n) is 3.48. The lowest BCUT2D eigenvalue weighted by Gasteiger charge is -2.34. The Morgan fingerprint density at radius 3 is 2.48 bits per heavy atom. The first-order valence-electron chi connectivity index (χ1n) is 9.31. The summed E-state index contributed by atoms with van der Waals surface area (Å²) in [4.78, 5) is 25.6. The summed E-state index contributed by atoms with van der Waals surface area (Å²) in [5, 5.41) is 8.82. The van der Waals surface area contributed by atoms with Crippen LogP contribution in [0.3, 0.4) is 0 Å². The Labute approximate surface area is 176 Å². The molecule has 0 atom stereocenters. The van der Waals surface area contributed by atoms with Gasteiger partial charge in [-0.1, -0.05) is 0 Å². The van der Waals surface area contributed by atoms with Gasteiger partial charge in [0, 0.05) is 39.3 Å². The van der Waals surface area contributed by atoms with Crippen LogP contribution in [-0.4, -0.2) is 54.3 Å². The molecule has 0 saturated carbocycles. The fourth-order valence-corrected chi connectivity index (χ4v) is 4.92. The van der Waals surface area contributed by atoms with E-state index in [2.05, 4.69) is 0 Å². The lowest BCUT2D eigenvalue weighted by Crippen LogP contribution is -2.50. The second-order valence-electron chi connectivity index (χ2n) is 7.06. The molecule has 0 bridgehead atoms. The van der Waals surface area contributed by atoms with Gasteiger partial charge in [-0.05, 0) is 30.3 Å². The smallest absolute Gasteiger partial charge is 0.408 e. The summed E-state index contributed by atoms with van der Waals surface area (Å²) >= 11 is 0. The molecule has 1 aliphatic rings. The van der Waals surface area contributed by atoms with E-state index >= 15 is 0 Å². The van der Waals surface area contributed by atoms with Crippen molar-refractivity contribution in [1.29, 1.82) is 5.26 Å². The predicted molar refractivity (Wildman–Crippen MR) is 107 cm³/mol. The number of halogens is 1. The molecule has 2 heterocycles. The number of hydrogen-bond acceptors (Lipinski definition) is 6. The number of fused-ring (bicyclic) bond motifs is 1. The summed E-state index contributed by atoms with van der Waals surface area (Å²) in [7, 11) is -2.35. The van der Waals surface area contributed by atoms with E-state index in [1.165, 1.54) is 51.2 Å². The van der Waals surface area contributed by atoms with Gasteiger partial charge >= 0.3 is 5.76 Å². The zero-order chi connectivity index (χ0) is 22.3. The summed E-state index contributed by atoms with van der Waals surface area (Å²) in [6.07, 6.45) is 0. The Bertz CT molecular complexity index is 1400. The minimum absolute atomic E-state index is 0.0211. The maximum atomic E-state index is 14.1. The second kappa shape index (κ2) is 7.64. The molecule has 160 valence electrons. The van der Waals surface area contributed by atoms with Crippen LogP contribution in [0.25, 0.3) is 11.1 Å². The molecule has 0 spiro atoms. The average Bonchev–Trinajstić information content (AvgIpc) is 3.06. The van der Waals surface area contributed by atoms with Crippen LogP contribution in [0.4, 0.5) is 4.39 Å². The second-order valence-corrected chi connectivity index (χ2v) is 9.00. The maximum Gasteiger partial charge on any atom is 0.419 e. The highest BCUT2D eigenvalue weighted by Gasteiger charge is 2.31. The molecule has 11 heteroatoms. The number of oxazole rings is 1. The molecule has 1 saturated heterocycles. The minimum atomic E-state index is -3.87. The van der Waals surface area contributed by atoms with Crippen molar-refractivity contribution in [3.8, 4) is 6.07 Å². The first-order valence-corrected chi connectivity index (χ1v) is 10.7. The number of piperazine rings is 1. The first-order chi connectivity index (χ1) is 14.7. The number of aryl methyl sites for hydroxylation is 1. The number of benzene rings is 2.